The minimum absolute atomic E-state index is 0.809. The van der Waals surface area contributed by atoms with E-state index in [1.54, 1.807) is 12.4 Å². The number of anilines is 3. The summed E-state index contributed by atoms with van der Waals surface area (Å²) in [5, 5.41) is 4.50. The quantitative estimate of drug-likeness (QED) is 0.166. The number of aromatic nitrogens is 7. The van der Waals surface area contributed by atoms with Crippen LogP contribution in [0.1, 0.15) is 0 Å². The van der Waals surface area contributed by atoms with Gasteiger partial charge in [0.25, 0.3) is 0 Å². The molecule has 8 heteroatoms. The zero-order valence-corrected chi connectivity index (χ0v) is 32.1. The van der Waals surface area contributed by atoms with Gasteiger partial charge in [-0.1, -0.05) is 54.6 Å². The van der Waals surface area contributed by atoms with Crippen molar-refractivity contribution in [2.75, 3.05) is 4.90 Å². The SMILES string of the molecule is c1ccc(-c2ccc3c(c2)c2cc4c(cc2n3-c2ccc(-c3cccnc3)cn2)N(c2ccc(-c3cccnc3)cn2)c2cccc3c(-c5ccccn5)ccc-4c23)nc1. The van der Waals surface area contributed by atoms with E-state index < -0.39 is 0 Å². The van der Waals surface area contributed by atoms with Gasteiger partial charge in [-0.2, -0.15) is 0 Å². The molecule has 7 aromatic heterocycles. The Morgan fingerprint density at radius 3 is 1.68 bits per heavy atom. The van der Waals surface area contributed by atoms with E-state index in [1.807, 2.05) is 73.6 Å². The number of benzene rings is 4. The summed E-state index contributed by atoms with van der Waals surface area (Å²) in [7, 11) is 0. The van der Waals surface area contributed by atoms with Gasteiger partial charge in [-0.3, -0.25) is 29.4 Å². The molecule has 1 aliphatic heterocycles. The molecule has 60 heavy (non-hydrogen) atoms. The molecular formula is C52H32N8. The van der Waals surface area contributed by atoms with Gasteiger partial charge in [0.2, 0.25) is 0 Å². The molecule has 0 atom stereocenters. The molecule has 0 radical (unpaired) electrons. The standard InChI is InChI=1S/C52H32N8/c1-3-24-55-44(11-1)33-14-19-46-41(26-33)43-27-42-40-18-17-38(45-12-2-4-25-56-45)39-10-5-13-47(52(39)40)60(51-21-16-37(32-58-51)35-9-7-23-54-30-35)48(42)28-49(43)59(46)50-20-15-36(31-57-50)34-8-6-22-53-29-34/h1-32H. The van der Waals surface area contributed by atoms with Crippen molar-refractivity contribution in [2.45, 2.75) is 0 Å². The number of fused-ring (bicyclic) bond motifs is 5. The molecule has 1 aliphatic rings. The van der Waals surface area contributed by atoms with Crippen LogP contribution in [0, 0.1) is 0 Å². The van der Waals surface area contributed by atoms with Crippen molar-refractivity contribution in [1.82, 2.24) is 34.5 Å². The number of hydrogen-bond donors (Lipinski definition) is 0. The van der Waals surface area contributed by atoms with E-state index in [1.165, 1.54) is 0 Å². The summed E-state index contributed by atoms with van der Waals surface area (Å²) in [6, 6.07) is 50.9. The highest BCUT2D eigenvalue weighted by atomic mass is 15.2. The Kier molecular flexibility index (Phi) is 7.67. The molecular weight excluding hydrogens is 737 g/mol. The Hall–Kier alpha value is -8.36. The monoisotopic (exact) mass is 768 g/mol. The third kappa shape index (κ3) is 5.39. The van der Waals surface area contributed by atoms with Crippen LogP contribution in [0.3, 0.4) is 0 Å². The number of rotatable bonds is 6. The maximum absolute atomic E-state index is 5.16. The molecule has 0 spiro atoms. The van der Waals surface area contributed by atoms with Crippen LogP contribution in [-0.2, 0) is 0 Å². The molecule has 0 amide bonds. The summed E-state index contributed by atoms with van der Waals surface area (Å²) in [4.78, 5) is 30.7. The molecule has 12 rings (SSSR count). The molecule has 8 nitrogen and oxygen atoms in total. The highest BCUT2D eigenvalue weighted by Gasteiger charge is 2.30. The fourth-order valence-corrected chi connectivity index (χ4v) is 8.76. The van der Waals surface area contributed by atoms with E-state index in [0.717, 1.165) is 111 Å². The molecule has 0 bridgehead atoms. The third-order valence-corrected chi connectivity index (χ3v) is 11.5. The van der Waals surface area contributed by atoms with Crippen molar-refractivity contribution >= 4 is 49.8 Å². The number of hydrogen-bond acceptors (Lipinski definition) is 7. The van der Waals surface area contributed by atoms with Gasteiger partial charge < -0.3 is 0 Å². The second-order valence-corrected chi connectivity index (χ2v) is 14.9. The molecule has 0 unspecified atom stereocenters. The maximum Gasteiger partial charge on any atom is 0.137 e. The second-order valence-electron chi connectivity index (χ2n) is 14.9. The lowest BCUT2D eigenvalue weighted by Crippen LogP contribution is -2.16. The van der Waals surface area contributed by atoms with Gasteiger partial charge in [-0.05, 0) is 102 Å². The highest BCUT2D eigenvalue weighted by molar-refractivity contribution is 6.21. The van der Waals surface area contributed by atoms with Crippen LogP contribution in [0.4, 0.5) is 17.2 Å². The van der Waals surface area contributed by atoms with Crippen molar-refractivity contribution in [1.29, 1.82) is 0 Å². The predicted octanol–water partition coefficient (Wildman–Crippen LogP) is 12.4. The second kappa shape index (κ2) is 13.6. The van der Waals surface area contributed by atoms with E-state index in [4.69, 9.17) is 19.9 Å². The van der Waals surface area contributed by atoms with Crippen LogP contribution >= 0.6 is 0 Å². The number of pyridine rings is 6. The van der Waals surface area contributed by atoms with Gasteiger partial charge in [-0.25, -0.2) is 9.97 Å². The first-order valence-electron chi connectivity index (χ1n) is 19.8. The van der Waals surface area contributed by atoms with Crippen molar-refractivity contribution in [3.63, 3.8) is 0 Å². The molecule has 11 aromatic rings. The Labute approximate surface area is 344 Å². The van der Waals surface area contributed by atoms with Gasteiger partial charge in [0.1, 0.15) is 11.6 Å². The fraction of sp³-hybridized carbons (Fsp3) is 0. The topological polar surface area (TPSA) is 85.5 Å². The van der Waals surface area contributed by atoms with Crippen LogP contribution in [-0.4, -0.2) is 34.5 Å². The highest BCUT2D eigenvalue weighted by Crippen LogP contribution is 2.54. The van der Waals surface area contributed by atoms with Gasteiger partial charge in [0, 0.05) is 105 Å². The number of nitrogens with zero attached hydrogens (tertiary/aromatic N) is 8. The molecule has 4 aromatic carbocycles. The largest absolute Gasteiger partial charge is 0.294 e. The van der Waals surface area contributed by atoms with E-state index >= 15 is 0 Å². The molecule has 0 aliphatic carbocycles. The van der Waals surface area contributed by atoms with Crippen LogP contribution in [0.25, 0.3) is 94.3 Å². The molecule has 0 saturated heterocycles. The van der Waals surface area contributed by atoms with Crippen molar-refractivity contribution in [2.24, 2.45) is 0 Å². The molecule has 0 fully saturated rings. The van der Waals surface area contributed by atoms with Crippen LogP contribution in [0.2, 0.25) is 0 Å². The summed E-state index contributed by atoms with van der Waals surface area (Å²) in [5.74, 6) is 1.63. The smallest absolute Gasteiger partial charge is 0.137 e. The first-order chi connectivity index (χ1) is 29.8. The molecule has 8 heterocycles. The maximum atomic E-state index is 5.16. The molecule has 0 saturated carbocycles. The molecule has 280 valence electrons. The van der Waals surface area contributed by atoms with E-state index in [0.29, 0.717) is 0 Å². The summed E-state index contributed by atoms with van der Waals surface area (Å²) in [6.07, 6.45) is 14.9. The zero-order chi connectivity index (χ0) is 39.6. The Morgan fingerprint density at radius 2 is 1.02 bits per heavy atom. The van der Waals surface area contributed by atoms with Gasteiger partial charge in [-0.15, -0.1) is 0 Å². The van der Waals surface area contributed by atoms with Crippen molar-refractivity contribution in [3.8, 4) is 61.7 Å². The van der Waals surface area contributed by atoms with Crippen LogP contribution in [0.5, 0.6) is 0 Å². The van der Waals surface area contributed by atoms with Crippen LogP contribution < -0.4 is 4.90 Å². The summed E-state index contributed by atoms with van der Waals surface area (Å²) < 4.78 is 2.28. The Morgan fingerprint density at radius 1 is 0.350 bits per heavy atom. The lowest BCUT2D eigenvalue weighted by molar-refractivity contribution is 1.08. The van der Waals surface area contributed by atoms with Gasteiger partial charge in [0.05, 0.1) is 33.8 Å². The van der Waals surface area contributed by atoms with Crippen LogP contribution in [0.15, 0.2) is 195 Å². The Balaban J connectivity index is 1.14. The normalized spacial score (nSPS) is 12.0. The fourth-order valence-electron chi connectivity index (χ4n) is 8.76. The first kappa shape index (κ1) is 33.7. The minimum atomic E-state index is 0.809. The predicted molar refractivity (Wildman–Crippen MR) is 240 cm³/mol. The van der Waals surface area contributed by atoms with Gasteiger partial charge in [0.15, 0.2) is 0 Å². The average Bonchev–Trinajstić information content (AvgIpc) is 3.65. The molecule has 0 N–H and O–H groups in total. The van der Waals surface area contributed by atoms with Gasteiger partial charge >= 0.3 is 0 Å². The lowest BCUT2D eigenvalue weighted by atomic mass is 9.87. The lowest BCUT2D eigenvalue weighted by Gasteiger charge is -2.33. The Bertz CT molecular complexity index is 3390. The third-order valence-electron chi connectivity index (χ3n) is 11.5. The van der Waals surface area contributed by atoms with E-state index in [9.17, 15) is 0 Å². The summed E-state index contributed by atoms with van der Waals surface area (Å²) in [5.41, 5.74) is 14.4. The summed E-state index contributed by atoms with van der Waals surface area (Å²) in [6.45, 7) is 0. The minimum Gasteiger partial charge on any atom is -0.294 e. The van der Waals surface area contributed by atoms with Crippen molar-refractivity contribution in [3.05, 3.63) is 195 Å². The van der Waals surface area contributed by atoms with E-state index in [-0.39, 0.29) is 0 Å². The first-order valence-corrected chi connectivity index (χ1v) is 19.8. The average molecular weight is 769 g/mol. The zero-order valence-electron chi connectivity index (χ0n) is 32.1. The van der Waals surface area contributed by atoms with Crippen molar-refractivity contribution < 1.29 is 0 Å². The summed E-state index contributed by atoms with van der Waals surface area (Å²) >= 11 is 0. The van der Waals surface area contributed by atoms with E-state index in [2.05, 4.69) is 129 Å².